The minimum absolute atomic E-state index is 0.0825. The first kappa shape index (κ1) is 40.5. The molecule has 1 unspecified atom stereocenters. The molecule has 1 aromatic heterocycles. The summed E-state index contributed by atoms with van der Waals surface area (Å²) in [5, 5.41) is 18.8. The smallest absolute Gasteiger partial charge is 0.314 e. The third-order valence-electron chi connectivity index (χ3n) is 7.10. The van der Waals surface area contributed by atoms with Crippen LogP contribution in [0.2, 0.25) is 0 Å². The molecule has 1 saturated heterocycles. The molecule has 3 N–H and O–H groups in total. The van der Waals surface area contributed by atoms with Crippen LogP contribution in [0.4, 0.5) is 5.82 Å². The monoisotopic (exact) mass is 658 g/mol. The number of aromatic nitrogens is 2. The van der Waals surface area contributed by atoms with E-state index in [1.165, 1.54) is 70.6 Å². The molecule has 1 aromatic rings. The predicted octanol–water partition coefficient (Wildman–Crippen LogP) is 6.08. The Kier molecular flexibility index (Phi) is 22.2. The number of carbonyl (C=O) groups excluding carboxylic acids is 1. The number of carboxylic acid groups (broad SMARTS) is 2. The van der Waals surface area contributed by atoms with Crippen molar-refractivity contribution in [3.8, 4) is 5.88 Å². The number of morpholine rings is 1. The molecule has 45 heavy (non-hydrogen) atoms. The van der Waals surface area contributed by atoms with E-state index in [1.54, 1.807) is 0 Å². The summed E-state index contributed by atoms with van der Waals surface area (Å²) in [4.78, 5) is 33.6. The average molecular weight is 659 g/mol. The fraction of sp³-hybridized carbons (Fsp3) is 0.844. The van der Waals surface area contributed by atoms with E-state index in [1.807, 2.05) is 0 Å². The quantitative estimate of drug-likeness (QED) is 0.0707. The van der Waals surface area contributed by atoms with Gasteiger partial charge in [0, 0.05) is 31.6 Å². The molecule has 13 heteroatoms. The van der Waals surface area contributed by atoms with Crippen molar-refractivity contribution in [2.75, 3.05) is 44.4 Å². The Balaban J connectivity index is 0.00000129. The van der Waals surface area contributed by atoms with E-state index in [2.05, 4.69) is 46.7 Å². The van der Waals surface area contributed by atoms with E-state index >= 15 is 0 Å². The minimum atomic E-state index is -1.31. The maximum absolute atomic E-state index is 12.6. The van der Waals surface area contributed by atoms with E-state index < -0.39 is 18.4 Å². The number of nitrogens with one attached hydrogen (secondary N) is 1. The molecule has 2 heterocycles. The molecule has 0 radical (unpaired) electrons. The number of carboxylic acids is 2. The van der Waals surface area contributed by atoms with Crippen LogP contribution in [0.25, 0.3) is 0 Å². The van der Waals surface area contributed by atoms with Gasteiger partial charge in [-0.05, 0) is 27.2 Å². The topological polar surface area (TPSA) is 160 Å². The van der Waals surface area contributed by atoms with Crippen molar-refractivity contribution in [2.45, 2.75) is 136 Å². The van der Waals surface area contributed by atoms with Gasteiger partial charge in [-0.2, -0.15) is 4.37 Å². The van der Waals surface area contributed by atoms with Crippen molar-refractivity contribution in [2.24, 2.45) is 0 Å². The number of ether oxygens (including phenoxy) is 3. The van der Waals surface area contributed by atoms with Gasteiger partial charge in [0.05, 0.1) is 24.9 Å². The lowest BCUT2D eigenvalue weighted by atomic mass is 10.0. The number of unbranched alkanes of at least 4 members (excludes halogenated alkanes) is 12. The Morgan fingerprint density at radius 3 is 1.91 bits per heavy atom. The van der Waals surface area contributed by atoms with Crippen LogP contribution in [0.1, 0.15) is 124 Å². The molecule has 12 nitrogen and oxygen atoms in total. The summed E-state index contributed by atoms with van der Waals surface area (Å²) in [5.74, 6) is -1.52. The van der Waals surface area contributed by atoms with Crippen molar-refractivity contribution >= 4 is 35.5 Å². The number of anilines is 1. The number of carbonyl (C=O) groups is 3. The van der Waals surface area contributed by atoms with Gasteiger partial charge in [0.2, 0.25) is 5.82 Å². The highest BCUT2D eigenvalue weighted by atomic mass is 32.1. The first-order chi connectivity index (χ1) is 21.5. The Labute approximate surface area is 273 Å². The van der Waals surface area contributed by atoms with Crippen LogP contribution in [-0.2, 0) is 23.9 Å². The minimum Gasteiger partial charge on any atom is -0.481 e. The normalized spacial score (nSPS) is 13.9. The van der Waals surface area contributed by atoms with Crippen molar-refractivity contribution in [3.05, 3.63) is 0 Å². The van der Waals surface area contributed by atoms with Crippen molar-refractivity contribution in [1.82, 2.24) is 14.1 Å². The van der Waals surface area contributed by atoms with Crippen LogP contribution in [0.5, 0.6) is 5.88 Å². The van der Waals surface area contributed by atoms with Gasteiger partial charge in [-0.3, -0.25) is 14.4 Å². The summed E-state index contributed by atoms with van der Waals surface area (Å²) in [5.41, 5.74) is -0.0825. The zero-order valence-electron chi connectivity index (χ0n) is 28.0. The van der Waals surface area contributed by atoms with Crippen molar-refractivity contribution < 1.29 is 38.8 Å². The van der Waals surface area contributed by atoms with Gasteiger partial charge in [0.25, 0.3) is 5.88 Å². The van der Waals surface area contributed by atoms with Crippen molar-refractivity contribution in [1.29, 1.82) is 0 Å². The molecule has 0 amide bonds. The van der Waals surface area contributed by atoms with Crippen LogP contribution in [0.15, 0.2) is 0 Å². The second-order valence-corrected chi connectivity index (χ2v) is 13.0. The molecular formula is C32H58N4O8S. The van der Waals surface area contributed by atoms with Gasteiger partial charge in [-0.1, -0.05) is 84.0 Å². The van der Waals surface area contributed by atoms with Crippen LogP contribution < -0.4 is 15.0 Å². The lowest BCUT2D eigenvalue weighted by molar-refractivity contribution is -0.151. The fourth-order valence-corrected chi connectivity index (χ4v) is 5.14. The molecule has 1 aliphatic heterocycles. The Hall–Kier alpha value is -2.51. The maximum Gasteiger partial charge on any atom is 0.314 e. The third kappa shape index (κ3) is 22.6. The second kappa shape index (κ2) is 24.7. The predicted molar refractivity (Wildman–Crippen MR) is 176 cm³/mol. The summed E-state index contributed by atoms with van der Waals surface area (Å²) in [6.07, 6.45) is 16.0. The highest BCUT2D eigenvalue weighted by Crippen LogP contribution is 2.26. The molecular weight excluding hydrogens is 600 g/mol. The first-order valence-corrected chi connectivity index (χ1v) is 17.4. The number of rotatable bonds is 23. The summed E-state index contributed by atoms with van der Waals surface area (Å²) in [6, 6.07) is 0. The zero-order valence-corrected chi connectivity index (χ0v) is 28.8. The van der Waals surface area contributed by atoms with Crippen LogP contribution in [0, 0.1) is 0 Å². The first-order valence-electron chi connectivity index (χ1n) is 16.7. The van der Waals surface area contributed by atoms with Crippen LogP contribution in [0.3, 0.4) is 0 Å². The van der Waals surface area contributed by atoms with E-state index in [9.17, 15) is 14.4 Å². The van der Waals surface area contributed by atoms with Gasteiger partial charge < -0.3 is 34.6 Å². The molecule has 2 rings (SSSR count). The standard InChI is InChI=1S/C29H54N4O4S.C3H4O4/c1-5-6-7-8-9-10-11-12-13-14-15-16-17-18-26(34)37-25(23-30-29(2,3)4)24-36-28-27(31-38-32-28)33-19-21-35-22-20-33;4-2(5)1-3(6)7/h25,30H,5-24H2,1-4H3;1H2,(H,4,5)(H,6,7). The molecule has 0 bridgehead atoms. The second-order valence-electron chi connectivity index (χ2n) is 12.5. The summed E-state index contributed by atoms with van der Waals surface area (Å²) in [6.45, 7) is 12.2. The molecule has 0 spiro atoms. The fourth-order valence-electron chi connectivity index (χ4n) is 4.62. The lowest BCUT2D eigenvalue weighted by Crippen LogP contribution is -2.44. The Morgan fingerprint density at radius 2 is 1.42 bits per heavy atom. The van der Waals surface area contributed by atoms with Gasteiger partial charge in [0.1, 0.15) is 19.1 Å². The highest BCUT2D eigenvalue weighted by Gasteiger charge is 2.23. The van der Waals surface area contributed by atoms with Gasteiger partial charge >= 0.3 is 17.9 Å². The van der Waals surface area contributed by atoms with E-state index in [4.69, 9.17) is 24.4 Å². The van der Waals surface area contributed by atoms with Crippen molar-refractivity contribution in [3.63, 3.8) is 0 Å². The number of nitrogens with zero attached hydrogens (tertiary/aromatic N) is 3. The van der Waals surface area contributed by atoms with Gasteiger partial charge in [-0.25, -0.2) is 0 Å². The summed E-state index contributed by atoms with van der Waals surface area (Å²) < 4.78 is 26.0. The van der Waals surface area contributed by atoms with E-state index in [0.717, 1.165) is 43.5 Å². The zero-order chi connectivity index (χ0) is 33.3. The number of hydrogen-bond donors (Lipinski definition) is 3. The van der Waals surface area contributed by atoms with Gasteiger partial charge in [-0.15, -0.1) is 4.37 Å². The van der Waals surface area contributed by atoms with E-state index in [-0.39, 0.29) is 24.2 Å². The van der Waals surface area contributed by atoms with Crippen LogP contribution >= 0.6 is 11.7 Å². The Bertz CT molecular complexity index is 923. The molecule has 1 fully saturated rings. The lowest BCUT2D eigenvalue weighted by Gasteiger charge is -2.27. The largest absolute Gasteiger partial charge is 0.481 e. The number of hydrogen-bond acceptors (Lipinski definition) is 11. The third-order valence-corrected chi connectivity index (χ3v) is 7.61. The SMILES string of the molecule is CCCCCCCCCCCCCCCC(=O)OC(CNC(C)(C)C)COc1nsnc1N1CCOCC1.O=C(O)CC(=O)O. The summed E-state index contributed by atoms with van der Waals surface area (Å²) >= 11 is 1.14. The Morgan fingerprint density at radius 1 is 0.889 bits per heavy atom. The maximum atomic E-state index is 12.6. The van der Waals surface area contributed by atoms with Gasteiger partial charge in [0.15, 0.2) is 0 Å². The highest BCUT2D eigenvalue weighted by molar-refractivity contribution is 6.99. The summed E-state index contributed by atoms with van der Waals surface area (Å²) in [7, 11) is 0. The average Bonchev–Trinajstić information content (AvgIpc) is 3.45. The molecule has 0 aliphatic carbocycles. The number of esters is 1. The molecule has 0 saturated carbocycles. The number of aliphatic carboxylic acids is 2. The molecule has 1 atom stereocenters. The molecule has 260 valence electrons. The molecule has 1 aliphatic rings. The molecule has 0 aromatic carbocycles. The van der Waals surface area contributed by atoms with Crippen LogP contribution in [-0.4, -0.2) is 88.0 Å². The van der Waals surface area contributed by atoms with E-state index in [0.29, 0.717) is 32.1 Å².